The van der Waals surface area contributed by atoms with Crippen LogP contribution in [0.4, 0.5) is 5.82 Å². The fourth-order valence-electron chi connectivity index (χ4n) is 3.79. The predicted octanol–water partition coefficient (Wildman–Crippen LogP) is 2.09. The zero-order valence-corrected chi connectivity index (χ0v) is 18.0. The van der Waals surface area contributed by atoms with Gasteiger partial charge in [0.05, 0.1) is 25.1 Å². The smallest absolute Gasteiger partial charge is 0.167 e. The number of aromatic nitrogens is 4. The Kier molecular flexibility index (Phi) is 6.00. The molecule has 4 heterocycles. The van der Waals surface area contributed by atoms with E-state index in [-0.39, 0.29) is 6.04 Å². The van der Waals surface area contributed by atoms with E-state index in [9.17, 15) is 10.2 Å². The van der Waals surface area contributed by atoms with Crippen LogP contribution >= 0.6 is 23.4 Å². The van der Waals surface area contributed by atoms with Gasteiger partial charge in [0.1, 0.15) is 18.5 Å². The summed E-state index contributed by atoms with van der Waals surface area (Å²) in [5.74, 6) is 1.09. The predicted molar refractivity (Wildman–Crippen MR) is 116 cm³/mol. The molecule has 5 atom stereocenters. The summed E-state index contributed by atoms with van der Waals surface area (Å²) in [4.78, 5) is 14.1. The van der Waals surface area contributed by atoms with Gasteiger partial charge in [0.15, 0.2) is 23.2 Å². The lowest BCUT2D eigenvalue weighted by Gasteiger charge is -2.17. The van der Waals surface area contributed by atoms with Crippen LogP contribution in [0.3, 0.4) is 0 Å². The molecule has 3 aromatic rings. The van der Waals surface area contributed by atoms with Gasteiger partial charge in [0.25, 0.3) is 0 Å². The first-order valence-corrected chi connectivity index (χ1v) is 11.4. The van der Waals surface area contributed by atoms with E-state index in [1.807, 2.05) is 24.3 Å². The zero-order valence-electron chi connectivity index (χ0n) is 16.5. The molecule has 0 bridgehead atoms. The number of fused-ring (bicyclic) bond motifs is 1. The lowest BCUT2D eigenvalue weighted by Crippen LogP contribution is -2.32. The molecule has 0 unspecified atom stereocenters. The maximum absolute atomic E-state index is 10.7. The molecule has 0 amide bonds. The number of benzene rings is 1. The highest BCUT2D eigenvalue weighted by Crippen LogP contribution is 2.35. The summed E-state index contributed by atoms with van der Waals surface area (Å²) in [6.07, 6.45) is 0.423. The number of nitrogens with one attached hydrogen (secondary N) is 1. The number of hydrogen-bond acceptors (Lipinski definition) is 9. The maximum Gasteiger partial charge on any atom is 0.167 e. The van der Waals surface area contributed by atoms with Gasteiger partial charge in [-0.3, -0.25) is 4.57 Å². The fourth-order valence-corrected chi connectivity index (χ4v) is 4.88. The molecule has 2 aromatic heterocycles. The lowest BCUT2D eigenvalue weighted by atomic mass is 10.1. The SMILES string of the molecule is O[C@@H]1[C@H](O)[C@H](n2cnc3c(N[C@@H]4CCOC4)ncnc32)O[C@@H]1CSc1ccc(Cl)cc1. The highest BCUT2D eigenvalue weighted by molar-refractivity contribution is 7.99. The van der Waals surface area contributed by atoms with Gasteiger partial charge >= 0.3 is 0 Å². The third-order valence-corrected chi connectivity index (χ3v) is 6.82. The number of halogens is 1. The summed E-state index contributed by atoms with van der Waals surface area (Å²) in [6.45, 7) is 1.34. The van der Waals surface area contributed by atoms with E-state index in [1.165, 1.54) is 18.1 Å². The van der Waals surface area contributed by atoms with Crippen molar-refractivity contribution in [2.24, 2.45) is 0 Å². The lowest BCUT2D eigenvalue weighted by molar-refractivity contribution is -0.0289. The average molecular weight is 464 g/mol. The maximum atomic E-state index is 10.7. The molecular weight excluding hydrogens is 442 g/mol. The number of anilines is 1. The van der Waals surface area contributed by atoms with Crippen molar-refractivity contribution >= 4 is 40.3 Å². The van der Waals surface area contributed by atoms with E-state index in [4.69, 9.17) is 21.1 Å². The minimum absolute atomic E-state index is 0.174. The molecule has 3 N–H and O–H groups in total. The normalized spacial score (nSPS) is 28.4. The first-order valence-electron chi connectivity index (χ1n) is 10.0. The molecule has 31 heavy (non-hydrogen) atoms. The molecule has 0 saturated carbocycles. The van der Waals surface area contributed by atoms with Crippen LogP contribution in [-0.2, 0) is 9.47 Å². The minimum atomic E-state index is -1.11. The van der Waals surface area contributed by atoms with Gasteiger partial charge in [0, 0.05) is 22.3 Å². The number of aliphatic hydroxyl groups is 2. The molecule has 5 rings (SSSR count). The van der Waals surface area contributed by atoms with Crippen molar-refractivity contribution in [3.63, 3.8) is 0 Å². The Morgan fingerprint density at radius 3 is 2.77 bits per heavy atom. The standard InChI is InChI=1S/C20H22ClN5O4S/c21-11-1-3-13(4-2-11)31-8-14-16(27)17(28)20(30-14)26-10-24-15-18(22-9-23-19(15)26)25-12-5-6-29-7-12/h1-4,9-10,12,14,16-17,20,27-28H,5-8H2,(H,22,23,25)/t12-,14-,16+,17+,20-/m1/s1. The summed E-state index contributed by atoms with van der Waals surface area (Å²) in [7, 11) is 0. The van der Waals surface area contributed by atoms with Crippen LogP contribution in [0.5, 0.6) is 0 Å². The van der Waals surface area contributed by atoms with E-state index in [1.54, 1.807) is 10.9 Å². The van der Waals surface area contributed by atoms with Crippen molar-refractivity contribution in [3.8, 4) is 0 Å². The van der Waals surface area contributed by atoms with E-state index in [0.29, 0.717) is 34.4 Å². The van der Waals surface area contributed by atoms with E-state index in [0.717, 1.165) is 17.9 Å². The molecule has 164 valence electrons. The third-order valence-electron chi connectivity index (χ3n) is 5.47. The highest BCUT2D eigenvalue weighted by atomic mass is 35.5. The van der Waals surface area contributed by atoms with Gasteiger partial charge in [-0.2, -0.15) is 0 Å². The molecular formula is C20H22ClN5O4S. The van der Waals surface area contributed by atoms with Crippen molar-refractivity contribution in [1.82, 2.24) is 19.5 Å². The van der Waals surface area contributed by atoms with Crippen LogP contribution in [0.25, 0.3) is 11.2 Å². The Labute approximate surface area is 187 Å². The van der Waals surface area contributed by atoms with Crippen LogP contribution in [0.2, 0.25) is 5.02 Å². The number of hydrogen-bond donors (Lipinski definition) is 3. The Morgan fingerprint density at radius 2 is 2.00 bits per heavy atom. The second-order valence-electron chi connectivity index (χ2n) is 7.56. The molecule has 2 fully saturated rings. The van der Waals surface area contributed by atoms with Crippen molar-refractivity contribution < 1.29 is 19.7 Å². The first-order chi connectivity index (χ1) is 15.1. The quantitative estimate of drug-likeness (QED) is 0.472. The van der Waals surface area contributed by atoms with Gasteiger partial charge in [0.2, 0.25) is 0 Å². The van der Waals surface area contributed by atoms with Crippen molar-refractivity contribution in [3.05, 3.63) is 41.9 Å². The molecule has 0 spiro atoms. The van der Waals surface area contributed by atoms with Crippen LogP contribution in [-0.4, -0.2) is 73.1 Å². The Bertz CT molecular complexity index is 1050. The summed E-state index contributed by atoms with van der Waals surface area (Å²) >= 11 is 7.45. The summed E-state index contributed by atoms with van der Waals surface area (Å²) in [6, 6.07) is 7.62. The van der Waals surface area contributed by atoms with Crippen LogP contribution < -0.4 is 5.32 Å². The third kappa shape index (κ3) is 4.23. The summed E-state index contributed by atoms with van der Waals surface area (Å²) < 4.78 is 13.1. The van der Waals surface area contributed by atoms with Crippen molar-refractivity contribution in [2.45, 2.75) is 41.9 Å². The van der Waals surface area contributed by atoms with Gasteiger partial charge in [-0.15, -0.1) is 11.8 Å². The number of rotatable bonds is 6. The summed E-state index contributed by atoms with van der Waals surface area (Å²) in [5.41, 5.74) is 1.11. The van der Waals surface area contributed by atoms with E-state index in [2.05, 4.69) is 20.3 Å². The van der Waals surface area contributed by atoms with Crippen molar-refractivity contribution in [2.75, 3.05) is 24.3 Å². The van der Waals surface area contributed by atoms with Gasteiger partial charge < -0.3 is 25.0 Å². The van der Waals surface area contributed by atoms with Gasteiger partial charge in [-0.1, -0.05) is 11.6 Å². The van der Waals surface area contributed by atoms with Crippen molar-refractivity contribution in [1.29, 1.82) is 0 Å². The number of aliphatic hydroxyl groups excluding tert-OH is 2. The monoisotopic (exact) mass is 463 g/mol. The molecule has 2 saturated heterocycles. The van der Waals surface area contributed by atoms with E-state index < -0.39 is 24.5 Å². The second kappa shape index (κ2) is 8.89. The second-order valence-corrected chi connectivity index (χ2v) is 9.09. The topological polar surface area (TPSA) is 115 Å². The number of thioether (sulfide) groups is 1. The number of nitrogens with zero attached hydrogens (tertiary/aromatic N) is 4. The summed E-state index contributed by atoms with van der Waals surface area (Å²) in [5, 5.41) is 25.2. The Hall–Kier alpha value is -1.95. The fraction of sp³-hybridized carbons (Fsp3) is 0.450. The Balaban J connectivity index is 1.33. The molecule has 1 aromatic carbocycles. The molecule has 9 nitrogen and oxygen atoms in total. The Morgan fingerprint density at radius 1 is 1.16 bits per heavy atom. The molecule has 2 aliphatic heterocycles. The van der Waals surface area contributed by atoms with Gasteiger partial charge in [-0.05, 0) is 30.7 Å². The number of imidazole rings is 1. The van der Waals surface area contributed by atoms with Crippen LogP contribution in [0.15, 0.2) is 41.8 Å². The first kappa shape index (κ1) is 20.9. The number of ether oxygens (including phenoxy) is 2. The van der Waals surface area contributed by atoms with Crippen LogP contribution in [0.1, 0.15) is 12.6 Å². The molecule has 11 heteroatoms. The average Bonchev–Trinajstić information content (AvgIpc) is 3.50. The highest BCUT2D eigenvalue weighted by Gasteiger charge is 2.44. The molecule has 0 aliphatic carbocycles. The van der Waals surface area contributed by atoms with E-state index >= 15 is 0 Å². The van der Waals surface area contributed by atoms with Gasteiger partial charge in [-0.25, -0.2) is 15.0 Å². The van der Waals surface area contributed by atoms with Crippen LogP contribution in [0, 0.1) is 0 Å². The zero-order chi connectivity index (χ0) is 21.4. The molecule has 0 radical (unpaired) electrons. The molecule has 2 aliphatic rings. The minimum Gasteiger partial charge on any atom is -0.387 e. The largest absolute Gasteiger partial charge is 0.387 e.